The molecule has 18 heteroatoms. The van der Waals surface area contributed by atoms with E-state index in [-0.39, 0.29) is 0 Å². The van der Waals surface area contributed by atoms with Crippen molar-refractivity contribution in [1.29, 1.82) is 0 Å². The quantitative estimate of drug-likeness (QED) is 0.0920. The molecule has 0 radical (unpaired) electrons. The van der Waals surface area contributed by atoms with E-state index in [1.165, 1.54) is 326 Å². The van der Waals surface area contributed by atoms with Gasteiger partial charge < -0.3 is 48.5 Å². The summed E-state index contributed by atoms with van der Waals surface area (Å²) in [7, 11) is 0. The number of rotatable bonds is 24. The fourth-order valence-electron chi connectivity index (χ4n) is 17.7. The SMILES string of the molecule is CC(C)CCN1CCCCC1.CC(C)CCN1CCCCC1C.CC(C)CCN1CCOCC1.CC(C)CCN1CCSCC1.CC(C)CN1CCCCC1.CC(C)CN1CCCCC1C.CC(C)CN1CCOCC1.CC(C)CN1CCSCC1.CC(C)N1CCCCC1.CC(C)N1CCCCC1C.CC(C)N1CCOCC1.CC(C)N1CCSCC1. The second kappa shape index (κ2) is 79.8. The third-order valence-electron chi connectivity index (χ3n) is 25.9. The van der Waals surface area contributed by atoms with Crippen LogP contribution in [0.15, 0.2) is 0 Å². The van der Waals surface area contributed by atoms with Crippen LogP contribution in [0.4, 0.5) is 0 Å². The summed E-state index contributed by atoms with van der Waals surface area (Å²) in [5.74, 6) is 14.8. The standard InChI is InChI=1S/C11H23N.2C10H21N.C9H19NO.C9H19NS.2C9H19N.C8H17NO.C8H17NS.C8H17N.C7H15NO.C7H15NS/c1-10(2)7-9-12-8-5-4-6-11(12)3;1-9(2)8-11-7-5-4-6-10(11)3;1-10(2)6-9-11-7-4-3-5-8-11;2*1-9(2)3-4-10-5-7-11-8-6-10;1-8(2)10-7-5-4-6-9(10)3;1-9(2)8-10-6-4-3-5-7-10;2*1-8(2)7-9-3-5-10-6-4-9;1-8(2)9-6-4-3-5-7-9;2*1-7(2)8-3-5-9-6-4-8/h10-11H,4-9H2,1-3H3;9-10H,4-8H2,1-3H3;10H,3-9H2,1-2H3;2*9H,3-8H2,1-2H3;8-9H,4-7H2,1-3H3;9H,3-8H2,1-2H3;2*8H,3-7H2,1-2H3;8H,3-7H2,1-2H3;2*7H,3-6H2,1-2H3. The Balaban J connectivity index is 0.000000671. The van der Waals surface area contributed by atoms with Crippen LogP contribution in [-0.2, 0) is 14.2 Å². The van der Waals surface area contributed by atoms with Crippen molar-refractivity contribution < 1.29 is 14.2 Å². The Labute approximate surface area is 785 Å². The van der Waals surface area contributed by atoms with Crippen molar-refractivity contribution in [1.82, 2.24) is 58.8 Å². The first-order valence-electron chi connectivity index (χ1n) is 53.0. The summed E-state index contributed by atoms with van der Waals surface area (Å²) < 4.78 is 15.7. The van der Waals surface area contributed by atoms with Crippen LogP contribution >= 0.6 is 35.3 Å². The van der Waals surface area contributed by atoms with Gasteiger partial charge in [0.15, 0.2) is 0 Å². The fraction of sp³-hybridized carbons (Fsp3) is 1.00. The molecule has 123 heavy (non-hydrogen) atoms. The summed E-state index contributed by atoms with van der Waals surface area (Å²) in [5.41, 5.74) is 0. The van der Waals surface area contributed by atoms with Gasteiger partial charge in [-0.1, -0.05) is 149 Å². The molecule has 0 aromatic rings. The number of thioether (sulfide) groups is 3. The summed E-state index contributed by atoms with van der Waals surface area (Å²) in [5, 5.41) is 0. The lowest BCUT2D eigenvalue weighted by Crippen LogP contribution is -2.41. The van der Waals surface area contributed by atoms with E-state index in [0.717, 1.165) is 163 Å². The van der Waals surface area contributed by atoms with Gasteiger partial charge in [-0.2, -0.15) is 35.3 Å². The van der Waals surface area contributed by atoms with Gasteiger partial charge in [-0.15, -0.1) is 0 Å². The van der Waals surface area contributed by atoms with E-state index in [1.807, 2.05) is 0 Å². The summed E-state index contributed by atoms with van der Waals surface area (Å²) in [6, 6.07) is 5.47. The largest absolute Gasteiger partial charge is 0.379 e. The summed E-state index contributed by atoms with van der Waals surface area (Å²) >= 11 is 6.25. The smallest absolute Gasteiger partial charge is 0.0594 e. The zero-order valence-corrected chi connectivity index (χ0v) is 90.5. The zero-order valence-electron chi connectivity index (χ0n) is 88.0. The molecule has 0 aromatic heterocycles. The van der Waals surface area contributed by atoms with Gasteiger partial charge >= 0.3 is 0 Å². The predicted octanol–water partition coefficient (Wildman–Crippen LogP) is 22.5. The topological polar surface area (TPSA) is 66.6 Å². The highest BCUT2D eigenvalue weighted by molar-refractivity contribution is 7.99. The number of nitrogens with zero attached hydrogens (tertiary/aromatic N) is 12. The molecule has 12 saturated heterocycles. The minimum atomic E-state index is 0.689. The van der Waals surface area contributed by atoms with Gasteiger partial charge in [0.05, 0.1) is 39.6 Å². The molecule has 3 atom stereocenters. The minimum absolute atomic E-state index is 0.689. The molecule has 12 heterocycles. The van der Waals surface area contributed by atoms with Crippen molar-refractivity contribution in [3.05, 3.63) is 0 Å². The van der Waals surface area contributed by atoms with Gasteiger partial charge in [0.1, 0.15) is 0 Å². The molecule has 12 aliphatic heterocycles. The van der Waals surface area contributed by atoms with E-state index in [2.05, 4.69) is 281 Å². The Morgan fingerprint density at radius 3 is 0.813 bits per heavy atom. The third kappa shape index (κ3) is 71.7. The number of morpholine rings is 3. The van der Waals surface area contributed by atoms with Gasteiger partial charge in [0, 0.05) is 182 Å². The molecule has 0 spiro atoms. The second-order valence-corrected chi connectivity index (χ2v) is 46.5. The summed E-state index contributed by atoms with van der Waals surface area (Å²) in [6.45, 7) is 104. The Hall–Kier alpha value is 0.450. The Bertz CT molecular complexity index is 2010. The Kier molecular flexibility index (Phi) is 78.8. The molecule has 12 fully saturated rings. The molecule has 3 unspecified atom stereocenters. The van der Waals surface area contributed by atoms with Crippen molar-refractivity contribution >= 4 is 35.3 Å². The van der Waals surface area contributed by atoms with E-state index < -0.39 is 0 Å². The lowest BCUT2D eigenvalue weighted by atomic mass is 10.0. The number of hydrogen-bond acceptors (Lipinski definition) is 18. The molecule has 0 amide bonds. The van der Waals surface area contributed by atoms with Gasteiger partial charge in [-0.25, -0.2) is 0 Å². The first-order chi connectivity index (χ1) is 58.8. The molecule has 0 N–H and O–H groups in total. The monoisotopic (exact) mass is 1800 g/mol. The molecule has 0 aromatic carbocycles. The molecule has 0 saturated carbocycles. The highest BCUT2D eigenvalue weighted by Gasteiger charge is 2.24. The number of likely N-dealkylation sites (tertiary alicyclic amines) is 6. The summed E-state index contributed by atoms with van der Waals surface area (Å²) in [6.07, 6.45) is 31.1. The van der Waals surface area contributed by atoms with Crippen LogP contribution < -0.4 is 0 Å². The second-order valence-electron chi connectivity index (χ2n) is 42.9. The molecule has 0 aliphatic carbocycles. The van der Waals surface area contributed by atoms with Gasteiger partial charge in [0.2, 0.25) is 0 Å². The number of piperidine rings is 6. The normalized spacial score (nSPS) is 23.5. The van der Waals surface area contributed by atoms with Crippen LogP contribution in [-0.4, -0.2) is 365 Å². The maximum atomic E-state index is 5.26. The maximum absolute atomic E-state index is 5.26. The third-order valence-corrected chi connectivity index (χ3v) is 28.7. The predicted molar refractivity (Wildman–Crippen MR) is 557 cm³/mol. The summed E-state index contributed by atoms with van der Waals surface area (Å²) in [4.78, 5) is 30.7. The average molecular weight is 1800 g/mol. The van der Waals surface area contributed by atoms with Gasteiger partial charge in [0.25, 0.3) is 0 Å². The minimum Gasteiger partial charge on any atom is -0.379 e. The molecule has 0 bridgehead atoms. The van der Waals surface area contributed by atoms with Crippen molar-refractivity contribution in [2.75, 3.05) is 264 Å². The van der Waals surface area contributed by atoms with Crippen LogP contribution in [0.25, 0.3) is 0 Å². The van der Waals surface area contributed by atoms with Crippen LogP contribution in [0.2, 0.25) is 0 Å². The van der Waals surface area contributed by atoms with Crippen LogP contribution in [0.3, 0.4) is 0 Å². The highest BCUT2D eigenvalue weighted by Crippen LogP contribution is 2.23. The first kappa shape index (κ1) is 121. The first-order valence-corrected chi connectivity index (χ1v) is 56.5. The molecule has 15 nitrogen and oxygen atoms in total. The molecule has 12 rings (SSSR count). The van der Waals surface area contributed by atoms with Crippen molar-refractivity contribution in [3.8, 4) is 0 Å². The maximum Gasteiger partial charge on any atom is 0.0594 e. The number of ether oxygens (including phenoxy) is 3. The molecule has 12 aliphatic rings. The van der Waals surface area contributed by atoms with Crippen LogP contribution in [0.1, 0.15) is 328 Å². The average Bonchev–Trinajstić information content (AvgIpc) is 0.885. The van der Waals surface area contributed by atoms with E-state index in [9.17, 15) is 0 Å². The van der Waals surface area contributed by atoms with E-state index in [0.29, 0.717) is 6.04 Å². The molecular weight excluding hydrogens is 1570 g/mol. The van der Waals surface area contributed by atoms with Crippen molar-refractivity contribution in [2.45, 2.75) is 370 Å². The lowest BCUT2D eigenvalue weighted by Gasteiger charge is -2.36. The van der Waals surface area contributed by atoms with E-state index in [1.54, 1.807) is 0 Å². The lowest BCUT2D eigenvalue weighted by molar-refractivity contribution is 0.0238. The highest BCUT2D eigenvalue weighted by atomic mass is 32.2. The molecular formula is C105H222N12O3S3. The Morgan fingerprint density at radius 1 is 0.220 bits per heavy atom. The molecule has 738 valence electrons. The van der Waals surface area contributed by atoms with Gasteiger partial charge in [-0.3, -0.25) is 24.5 Å². The van der Waals surface area contributed by atoms with Crippen LogP contribution in [0, 0.1) is 47.3 Å². The zero-order chi connectivity index (χ0) is 91.4. The van der Waals surface area contributed by atoms with E-state index >= 15 is 0 Å². The van der Waals surface area contributed by atoms with Crippen LogP contribution in [0.5, 0.6) is 0 Å². The van der Waals surface area contributed by atoms with E-state index in [4.69, 9.17) is 14.2 Å². The van der Waals surface area contributed by atoms with Crippen molar-refractivity contribution in [2.24, 2.45) is 47.3 Å². The Morgan fingerprint density at radius 2 is 0.488 bits per heavy atom. The number of hydrogen-bond donors (Lipinski definition) is 0. The van der Waals surface area contributed by atoms with Gasteiger partial charge in [-0.05, 0) is 311 Å². The van der Waals surface area contributed by atoms with Crippen molar-refractivity contribution in [3.63, 3.8) is 0 Å². The fourth-order valence-corrected chi connectivity index (χ4v) is 20.6.